The minimum Gasteiger partial charge on any atom is -0.323 e. The fraction of sp³-hybridized carbons (Fsp3) is 0.312. The summed E-state index contributed by atoms with van der Waals surface area (Å²) in [4.78, 5) is 13.2. The Morgan fingerprint density at radius 1 is 1.20 bits per heavy atom. The first-order chi connectivity index (χ1) is 9.86. The highest BCUT2D eigenvalue weighted by Gasteiger charge is 2.07. The van der Waals surface area contributed by atoms with Crippen LogP contribution in [0.25, 0.3) is 11.2 Å². The van der Waals surface area contributed by atoms with E-state index in [1.807, 2.05) is 29.1 Å². The summed E-state index contributed by atoms with van der Waals surface area (Å²) in [6.07, 6.45) is 8.04. The van der Waals surface area contributed by atoms with Crippen LogP contribution >= 0.6 is 0 Å². The molecule has 0 amide bonds. The van der Waals surface area contributed by atoms with Crippen molar-refractivity contribution < 1.29 is 0 Å². The van der Waals surface area contributed by atoms with E-state index in [0.717, 1.165) is 42.8 Å². The summed E-state index contributed by atoms with van der Waals surface area (Å²) >= 11 is 0. The Hall–Kier alpha value is -2.23. The summed E-state index contributed by atoms with van der Waals surface area (Å²) in [6, 6.07) is 10.3. The molecule has 0 fully saturated rings. The number of unbranched alkanes of at least 4 members (excludes halogenated alkanes) is 1. The van der Waals surface area contributed by atoms with Gasteiger partial charge in [0.25, 0.3) is 0 Å². The van der Waals surface area contributed by atoms with Gasteiger partial charge in [-0.05, 0) is 12.0 Å². The zero-order valence-electron chi connectivity index (χ0n) is 11.6. The van der Waals surface area contributed by atoms with Gasteiger partial charge in [0.15, 0.2) is 5.65 Å². The van der Waals surface area contributed by atoms with E-state index in [4.69, 9.17) is 0 Å². The Morgan fingerprint density at radius 3 is 2.85 bits per heavy atom. The lowest BCUT2D eigenvalue weighted by Crippen LogP contribution is -2.00. The molecule has 0 aliphatic heterocycles. The van der Waals surface area contributed by atoms with Crippen LogP contribution in [-0.4, -0.2) is 19.5 Å². The second kappa shape index (κ2) is 5.82. The molecule has 2 heterocycles. The minimum absolute atomic E-state index is 0.738. The Kier molecular flexibility index (Phi) is 3.72. The monoisotopic (exact) mass is 265 g/mol. The van der Waals surface area contributed by atoms with E-state index in [0.29, 0.717) is 0 Å². The summed E-state index contributed by atoms with van der Waals surface area (Å²) in [6.45, 7) is 2.93. The van der Waals surface area contributed by atoms with E-state index < -0.39 is 0 Å². The van der Waals surface area contributed by atoms with Gasteiger partial charge < -0.3 is 4.57 Å². The van der Waals surface area contributed by atoms with Crippen LogP contribution in [0.3, 0.4) is 0 Å². The van der Waals surface area contributed by atoms with E-state index in [2.05, 4.69) is 40.2 Å². The smallest absolute Gasteiger partial charge is 0.181 e. The number of rotatable bonds is 5. The van der Waals surface area contributed by atoms with Gasteiger partial charge in [0.05, 0.1) is 6.33 Å². The van der Waals surface area contributed by atoms with E-state index >= 15 is 0 Å². The van der Waals surface area contributed by atoms with Gasteiger partial charge in [-0.15, -0.1) is 0 Å². The van der Waals surface area contributed by atoms with E-state index in [1.165, 1.54) is 5.56 Å². The van der Waals surface area contributed by atoms with Crippen molar-refractivity contribution in [1.82, 2.24) is 19.5 Å². The van der Waals surface area contributed by atoms with Gasteiger partial charge in [-0.25, -0.2) is 15.0 Å². The molecular formula is C16H17N4. The maximum absolute atomic E-state index is 4.50. The molecule has 4 heteroatoms. The Labute approximate surface area is 118 Å². The molecule has 0 aliphatic carbocycles. The highest BCUT2D eigenvalue weighted by molar-refractivity contribution is 5.68. The van der Waals surface area contributed by atoms with Crippen LogP contribution in [0.1, 0.15) is 31.2 Å². The summed E-state index contributed by atoms with van der Waals surface area (Å²) in [5.74, 6) is 0.837. The summed E-state index contributed by atoms with van der Waals surface area (Å²) in [7, 11) is 0. The highest BCUT2D eigenvalue weighted by Crippen LogP contribution is 2.12. The number of hydrogen-bond donors (Lipinski definition) is 0. The summed E-state index contributed by atoms with van der Waals surface area (Å²) in [5.41, 5.74) is 2.84. The first-order valence-electron chi connectivity index (χ1n) is 7.00. The van der Waals surface area contributed by atoms with Crippen molar-refractivity contribution in [2.24, 2.45) is 0 Å². The van der Waals surface area contributed by atoms with Crippen molar-refractivity contribution in [3.05, 3.63) is 54.2 Å². The van der Waals surface area contributed by atoms with Crippen molar-refractivity contribution >= 4 is 11.2 Å². The minimum atomic E-state index is 0.738. The number of nitrogens with zero attached hydrogens (tertiary/aromatic N) is 4. The molecule has 2 aromatic heterocycles. The lowest BCUT2D eigenvalue weighted by atomic mass is 10.2. The molecule has 4 nitrogen and oxygen atoms in total. The molecule has 0 atom stereocenters. The zero-order chi connectivity index (χ0) is 13.8. The Bertz CT molecular complexity index is 688. The van der Waals surface area contributed by atoms with Crippen molar-refractivity contribution in [1.29, 1.82) is 0 Å². The predicted molar refractivity (Wildman–Crippen MR) is 78.3 cm³/mol. The van der Waals surface area contributed by atoms with Gasteiger partial charge in [-0.3, -0.25) is 0 Å². The number of aromatic nitrogens is 4. The quantitative estimate of drug-likeness (QED) is 0.712. The van der Waals surface area contributed by atoms with Crippen LogP contribution in [0.2, 0.25) is 0 Å². The molecule has 1 radical (unpaired) electrons. The van der Waals surface area contributed by atoms with Crippen molar-refractivity contribution in [3.63, 3.8) is 0 Å². The second-order valence-corrected chi connectivity index (χ2v) is 4.89. The fourth-order valence-corrected chi connectivity index (χ4v) is 2.18. The number of benzene rings is 1. The Balaban J connectivity index is 1.86. The molecule has 3 aromatic rings. The highest BCUT2D eigenvalue weighted by atomic mass is 15.1. The average Bonchev–Trinajstić information content (AvgIpc) is 2.89. The molecule has 20 heavy (non-hydrogen) atoms. The molecule has 0 spiro atoms. The number of aryl methyl sites for hydroxylation is 1. The first kappa shape index (κ1) is 12.8. The SMILES string of the molecule is CCCCc1n[c]c2c(ncn2Cc2ccccc2)n1. The van der Waals surface area contributed by atoms with E-state index in [9.17, 15) is 0 Å². The molecule has 0 unspecified atom stereocenters. The van der Waals surface area contributed by atoms with Crippen LogP contribution in [-0.2, 0) is 13.0 Å². The van der Waals surface area contributed by atoms with Crippen molar-refractivity contribution in [3.8, 4) is 0 Å². The zero-order valence-corrected chi connectivity index (χ0v) is 11.6. The van der Waals surface area contributed by atoms with Gasteiger partial charge in [0, 0.05) is 13.0 Å². The second-order valence-electron chi connectivity index (χ2n) is 4.89. The molecule has 0 N–H and O–H groups in total. The molecule has 0 saturated carbocycles. The lowest BCUT2D eigenvalue weighted by molar-refractivity contribution is 0.754. The number of imidazole rings is 1. The van der Waals surface area contributed by atoms with Crippen molar-refractivity contribution in [2.45, 2.75) is 32.7 Å². The fourth-order valence-electron chi connectivity index (χ4n) is 2.18. The van der Waals surface area contributed by atoms with Crippen LogP contribution in [0.4, 0.5) is 0 Å². The molecule has 0 bridgehead atoms. The standard InChI is InChI=1S/C16H17N4/c1-2-3-9-15-17-10-14-16(19-15)18-12-20(14)11-13-7-5-4-6-8-13/h4-8,12H,2-3,9,11H2,1H3. The maximum atomic E-state index is 4.50. The predicted octanol–water partition coefficient (Wildman–Crippen LogP) is 3.02. The first-order valence-corrected chi connectivity index (χ1v) is 7.00. The Morgan fingerprint density at radius 2 is 2.05 bits per heavy atom. The van der Waals surface area contributed by atoms with Gasteiger partial charge >= 0.3 is 0 Å². The third kappa shape index (κ3) is 2.69. The molecule has 0 saturated heterocycles. The number of hydrogen-bond acceptors (Lipinski definition) is 3. The van der Waals surface area contributed by atoms with E-state index in [1.54, 1.807) is 0 Å². The van der Waals surface area contributed by atoms with Gasteiger partial charge in [-0.2, -0.15) is 0 Å². The van der Waals surface area contributed by atoms with E-state index in [-0.39, 0.29) is 0 Å². The molecule has 0 aliphatic rings. The topological polar surface area (TPSA) is 43.6 Å². The van der Waals surface area contributed by atoms with Crippen molar-refractivity contribution in [2.75, 3.05) is 0 Å². The normalized spacial score (nSPS) is 11.1. The van der Waals surface area contributed by atoms with Gasteiger partial charge in [0.2, 0.25) is 0 Å². The molecule has 3 rings (SSSR count). The summed E-state index contributed by atoms with van der Waals surface area (Å²) < 4.78 is 2.04. The average molecular weight is 265 g/mol. The molecule has 101 valence electrons. The third-order valence-corrected chi connectivity index (χ3v) is 3.29. The largest absolute Gasteiger partial charge is 0.323 e. The van der Waals surface area contributed by atoms with Gasteiger partial charge in [-0.1, -0.05) is 43.7 Å². The van der Waals surface area contributed by atoms with Crippen LogP contribution in [0, 0.1) is 6.20 Å². The third-order valence-electron chi connectivity index (χ3n) is 3.29. The van der Waals surface area contributed by atoms with Crippen LogP contribution in [0.5, 0.6) is 0 Å². The molecule has 1 aromatic carbocycles. The van der Waals surface area contributed by atoms with Crippen LogP contribution < -0.4 is 0 Å². The lowest BCUT2D eigenvalue weighted by Gasteiger charge is -2.04. The van der Waals surface area contributed by atoms with Crippen LogP contribution in [0.15, 0.2) is 36.7 Å². The van der Waals surface area contributed by atoms with Gasteiger partial charge in [0.1, 0.15) is 17.5 Å². The summed E-state index contributed by atoms with van der Waals surface area (Å²) in [5, 5.41) is 0. The molecular weight excluding hydrogens is 248 g/mol. The maximum Gasteiger partial charge on any atom is 0.181 e. The number of fused-ring (bicyclic) bond motifs is 1.